The van der Waals surface area contributed by atoms with Crippen LogP contribution < -0.4 is 5.32 Å². The first-order valence-corrected chi connectivity index (χ1v) is 6.79. The number of rotatable bonds is 2. The van der Waals surface area contributed by atoms with E-state index in [1.54, 1.807) is 28.7 Å². The number of aryl methyl sites for hydroxylation is 1. The molecule has 3 aromatic rings. The number of nitrogens with one attached hydrogen (secondary N) is 1. The quantitative estimate of drug-likeness (QED) is 0.790. The normalized spacial score (nSPS) is 10.8. The number of fused-ring (bicyclic) bond motifs is 1. The molecule has 0 saturated carbocycles. The number of amides is 1. The minimum atomic E-state index is -0.291. The molecule has 96 valence electrons. The van der Waals surface area contributed by atoms with Crippen molar-refractivity contribution >= 4 is 45.6 Å². The number of aromatic nitrogens is 3. The molecule has 0 bridgehead atoms. The molecule has 7 heteroatoms. The summed E-state index contributed by atoms with van der Waals surface area (Å²) in [5.74, 6) is 0.155. The fourth-order valence-electron chi connectivity index (χ4n) is 1.85. The van der Waals surface area contributed by atoms with E-state index in [1.807, 2.05) is 12.1 Å². The molecule has 0 aliphatic carbocycles. The van der Waals surface area contributed by atoms with Gasteiger partial charge in [0.15, 0.2) is 5.82 Å². The van der Waals surface area contributed by atoms with Crippen molar-refractivity contribution in [3.05, 3.63) is 39.8 Å². The zero-order chi connectivity index (χ0) is 13.4. The van der Waals surface area contributed by atoms with Crippen LogP contribution in [0.5, 0.6) is 0 Å². The van der Waals surface area contributed by atoms with E-state index in [0.717, 1.165) is 10.9 Å². The van der Waals surface area contributed by atoms with Gasteiger partial charge in [0.1, 0.15) is 5.69 Å². The van der Waals surface area contributed by atoms with Crippen molar-refractivity contribution in [3.63, 3.8) is 0 Å². The largest absolute Gasteiger partial charge is 0.303 e. The summed E-state index contributed by atoms with van der Waals surface area (Å²) in [6.45, 7) is 0. The third-order valence-corrected chi connectivity index (χ3v) is 3.63. The van der Waals surface area contributed by atoms with Crippen molar-refractivity contribution in [1.29, 1.82) is 0 Å². The molecule has 0 spiro atoms. The number of hydrogen-bond acceptors (Lipinski definition) is 4. The molecular formula is C12H9ClN4OS. The molecule has 1 amide bonds. The van der Waals surface area contributed by atoms with Gasteiger partial charge >= 0.3 is 0 Å². The lowest BCUT2D eigenvalue weighted by atomic mass is 10.2. The smallest absolute Gasteiger partial charge is 0.276 e. The Balaban J connectivity index is 2.04. The van der Waals surface area contributed by atoms with Crippen molar-refractivity contribution in [2.45, 2.75) is 0 Å². The van der Waals surface area contributed by atoms with E-state index in [2.05, 4.69) is 15.4 Å². The first-order chi connectivity index (χ1) is 9.16. The Labute approximate surface area is 117 Å². The highest BCUT2D eigenvalue weighted by Gasteiger charge is 2.15. The first-order valence-electron chi connectivity index (χ1n) is 5.47. The molecular weight excluding hydrogens is 284 g/mol. The van der Waals surface area contributed by atoms with Crippen LogP contribution in [-0.2, 0) is 7.05 Å². The standard InChI is InChI=1S/C12H9ClN4OS/c1-17-9-4-2-3-7(13)10(9)11(16-17)15-12(18)8-5-19-6-14-8/h2-6H,1H3,(H,15,16,18). The van der Waals surface area contributed by atoms with Gasteiger partial charge in [-0.1, -0.05) is 17.7 Å². The Hall–Kier alpha value is -1.92. The number of nitrogens with zero attached hydrogens (tertiary/aromatic N) is 3. The van der Waals surface area contributed by atoms with E-state index in [9.17, 15) is 4.79 Å². The molecule has 0 fully saturated rings. The molecule has 1 aromatic carbocycles. The van der Waals surface area contributed by atoms with Gasteiger partial charge in [0.25, 0.3) is 5.91 Å². The Morgan fingerprint density at radius 1 is 1.47 bits per heavy atom. The molecule has 0 aliphatic rings. The third kappa shape index (κ3) is 2.09. The van der Waals surface area contributed by atoms with Gasteiger partial charge in [-0.2, -0.15) is 5.10 Å². The van der Waals surface area contributed by atoms with Crippen LogP contribution in [0.15, 0.2) is 29.1 Å². The molecule has 3 rings (SSSR count). The lowest BCUT2D eigenvalue weighted by Crippen LogP contribution is -2.13. The molecule has 2 heterocycles. The maximum Gasteiger partial charge on any atom is 0.276 e. The Kier molecular flexibility index (Phi) is 2.96. The molecule has 1 N–H and O–H groups in total. The van der Waals surface area contributed by atoms with Crippen LogP contribution in [0.25, 0.3) is 10.9 Å². The number of hydrogen-bond donors (Lipinski definition) is 1. The highest BCUT2D eigenvalue weighted by atomic mass is 35.5. The maximum absolute atomic E-state index is 12.0. The summed E-state index contributed by atoms with van der Waals surface area (Å²) in [6.07, 6.45) is 0. The minimum absolute atomic E-state index is 0.291. The fraction of sp³-hybridized carbons (Fsp3) is 0.0833. The SMILES string of the molecule is Cn1nc(NC(=O)c2cscn2)c2c(Cl)cccc21. The van der Waals surface area contributed by atoms with Crippen LogP contribution in [-0.4, -0.2) is 20.7 Å². The van der Waals surface area contributed by atoms with Crippen LogP contribution in [0.1, 0.15) is 10.5 Å². The number of benzene rings is 1. The van der Waals surface area contributed by atoms with Crippen molar-refractivity contribution in [2.75, 3.05) is 5.32 Å². The monoisotopic (exact) mass is 292 g/mol. The first kappa shape index (κ1) is 12.1. The minimum Gasteiger partial charge on any atom is -0.303 e. The van der Waals surface area contributed by atoms with Gasteiger partial charge < -0.3 is 5.32 Å². The molecule has 5 nitrogen and oxygen atoms in total. The topological polar surface area (TPSA) is 59.8 Å². The highest BCUT2D eigenvalue weighted by molar-refractivity contribution is 7.07. The van der Waals surface area contributed by atoms with Crippen molar-refractivity contribution in [2.24, 2.45) is 7.05 Å². The molecule has 2 aromatic heterocycles. The van der Waals surface area contributed by atoms with Crippen molar-refractivity contribution in [1.82, 2.24) is 14.8 Å². The van der Waals surface area contributed by atoms with Crippen LogP contribution >= 0.6 is 22.9 Å². The number of halogens is 1. The Morgan fingerprint density at radius 3 is 3.05 bits per heavy atom. The molecule has 0 radical (unpaired) electrons. The predicted molar refractivity (Wildman–Crippen MR) is 75.8 cm³/mol. The maximum atomic E-state index is 12.0. The summed E-state index contributed by atoms with van der Waals surface area (Å²) in [5.41, 5.74) is 2.84. The second-order valence-corrected chi connectivity index (χ2v) is 5.06. The van der Waals surface area contributed by atoms with Gasteiger partial charge in [-0.05, 0) is 12.1 Å². The fourth-order valence-corrected chi connectivity index (χ4v) is 2.65. The molecule has 0 atom stereocenters. The van der Waals surface area contributed by atoms with Gasteiger partial charge in [-0.25, -0.2) is 4.98 Å². The van der Waals surface area contributed by atoms with Gasteiger partial charge in [0.05, 0.1) is 21.4 Å². The number of thiazole rings is 1. The number of carbonyl (C=O) groups is 1. The third-order valence-electron chi connectivity index (χ3n) is 2.72. The summed E-state index contributed by atoms with van der Waals surface area (Å²) < 4.78 is 1.68. The van der Waals surface area contributed by atoms with E-state index in [0.29, 0.717) is 16.5 Å². The van der Waals surface area contributed by atoms with Gasteiger partial charge in [-0.3, -0.25) is 9.48 Å². The summed E-state index contributed by atoms with van der Waals surface area (Å²) in [4.78, 5) is 15.9. The lowest BCUT2D eigenvalue weighted by Gasteiger charge is -2.00. The summed E-state index contributed by atoms with van der Waals surface area (Å²) in [5, 5.41) is 9.98. The zero-order valence-corrected chi connectivity index (χ0v) is 11.5. The van der Waals surface area contributed by atoms with Crippen LogP contribution in [0, 0.1) is 0 Å². The van der Waals surface area contributed by atoms with Crippen LogP contribution in [0.4, 0.5) is 5.82 Å². The average Bonchev–Trinajstić information content (AvgIpc) is 2.99. The summed E-state index contributed by atoms with van der Waals surface area (Å²) in [7, 11) is 1.80. The van der Waals surface area contributed by atoms with Gasteiger partial charge in [0, 0.05) is 12.4 Å². The van der Waals surface area contributed by atoms with Crippen LogP contribution in [0.2, 0.25) is 5.02 Å². The lowest BCUT2D eigenvalue weighted by molar-refractivity contribution is 0.102. The highest BCUT2D eigenvalue weighted by Crippen LogP contribution is 2.29. The van der Waals surface area contributed by atoms with E-state index in [4.69, 9.17) is 11.6 Å². The molecule has 0 unspecified atom stereocenters. The molecule has 0 saturated heterocycles. The van der Waals surface area contributed by atoms with E-state index < -0.39 is 0 Å². The number of anilines is 1. The zero-order valence-electron chi connectivity index (χ0n) is 9.92. The molecule has 0 aliphatic heterocycles. The predicted octanol–water partition coefficient (Wildman–Crippen LogP) is 2.94. The second-order valence-electron chi connectivity index (χ2n) is 3.93. The van der Waals surface area contributed by atoms with Crippen molar-refractivity contribution < 1.29 is 4.79 Å². The summed E-state index contributed by atoms with van der Waals surface area (Å²) >= 11 is 7.53. The van der Waals surface area contributed by atoms with E-state index >= 15 is 0 Å². The Morgan fingerprint density at radius 2 is 2.32 bits per heavy atom. The van der Waals surface area contributed by atoms with E-state index in [-0.39, 0.29) is 5.91 Å². The molecule has 19 heavy (non-hydrogen) atoms. The van der Waals surface area contributed by atoms with E-state index in [1.165, 1.54) is 11.3 Å². The summed E-state index contributed by atoms with van der Waals surface area (Å²) in [6, 6.07) is 5.51. The average molecular weight is 293 g/mol. The number of carbonyl (C=O) groups excluding carboxylic acids is 1. The van der Waals surface area contributed by atoms with Gasteiger partial charge in [0.2, 0.25) is 0 Å². The van der Waals surface area contributed by atoms with Gasteiger partial charge in [-0.15, -0.1) is 11.3 Å². The second kappa shape index (κ2) is 4.64. The van der Waals surface area contributed by atoms with Crippen LogP contribution in [0.3, 0.4) is 0 Å². The Bertz CT molecular complexity index is 751. The van der Waals surface area contributed by atoms with Crippen molar-refractivity contribution in [3.8, 4) is 0 Å².